The van der Waals surface area contributed by atoms with Crippen LogP contribution in [0, 0.1) is 19.8 Å². The summed E-state index contributed by atoms with van der Waals surface area (Å²) in [4.78, 5) is 46.9. The van der Waals surface area contributed by atoms with Crippen LogP contribution in [0.2, 0.25) is 0 Å². The summed E-state index contributed by atoms with van der Waals surface area (Å²) in [6, 6.07) is 0.350. The topological polar surface area (TPSA) is 120 Å². The van der Waals surface area contributed by atoms with Gasteiger partial charge in [-0.05, 0) is 82.2 Å². The van der Waals surface area contributed by atoms with E-state index in [2.05, 4.69) is 20.6 Å². The molecule has 0 aliphatic rings. The molecule has 0 radical (unpaired) electrons. The fraction of sp³-hybridized carbons (Fsp3) is 0.536. The quantitative estimate of drug-likeness (QED) is 0.438. The summed E-state index contributed by atoms with van der Waals surface area (Å²) in [5.41, 5.74) is 3.77. The summed E-state index contributed by atoms with van der Waals surface area (Å²) < 4.78 is 10.5. The summed E-state index contributed by atoms with van der Waals surface area (Å²) in [7, 11) is 0. The third-order valence-corrected chi connectivity index (χ3v) is 5.48. The first-order chi connectivity index (χ1) is 17.3. The largest absolute Gasteiger partial charge is 0.466 e. The number of alkyl carbamates (subject to hydrolysis) is 1. The van der Waals surface area contributed by atoms with E-state index >= 15 is 0 Å². The van der Waals surface area contributed by atoms with Crippen molar-refractivity contribution in [2.24, 2.45) is 5.92 Å². The van der Waals surface area contributed by atoms with Crippen molar-refractivity contribution in [1.29, 1.82) is 0 Å². The van der Waals surface area contributed by atoms with E-state index in [-0.39, 0.29) is 18.9 Å². The lowest BCUT2D eigenvalue weighted by Gasteiger charge is -2.26. The summed E-state index contributed by atoms with van der Waals surface area (Å²) in [6.07, 6.45) is 6.57. The Morgan fingerprint density at radius 2 is 1.59 bits per heavy atom. The van der Waals surface area contributed by atoms with Crippen molar-refractivity contribution in [3.05, 3.63) is 47.5 Å². The number of aryl methyl sites for hydroxylation is 2. The Morgan fingerprint density at radius 1 is 0.973 bits per heavy atom. The molecule has 2 rings (SSSR count). The molecule has 37 heavy (non-hydrogen) atoms. The van der Waals surface area contributed by atoms with E-state index < -0.39 is 35.7 Å². The van der Waals surface area contributed by atoms with Crippen molar-refractivity contribution in [2.45, 2.75) is 85.9 Å². The van der Waals surface area contributed by atoms with Gasteiger partial charge >= 0.3 is 12.1 Å². The number of nitrogens with zero attached hydrogens (tertiary/aromatic N) is 2. The van der Waals surface area contributed by atoms with Gasteiger partial charge in [0.05, 0.1) is 19.1 Å². The monoisotopic (exact) mass is 512 g/mol. The van der Waals surface area contributed by atoms with Gasteiger partial charge in [-0.15, -0.1) is 0 Å². The van der Waals surface area contributed by atoms with Gasteiger partial charge in [-0.2, -0.15) is 0 Å². The Bertz CT molecular complexity index is 1070. The highest BCUT2D eigenvalue weighted by Crippen LogP contribution is 2.29. The summed E-state index contributed by atoms with van der Waals surface area (Å²) in [6.45, 7) is 15.1. The van der Waals surface area contributed by atoms with Gasteiger partial charge in [0.15, 0.2) is 0 Å². The molecular formula is C28H40N4O5. The molecule has 0 saturated heterocycles. The van der Waals surface area contributed by atoms with Gasteiger partial charge in [0.1, 0.15) is 11.6 Å². The number of carbonyl (C=O) groups excluding carboxylic acids is 3. The first-order valence-electron chi connectivity index (χ1n) is 12.6. The van der Waals surface area contributed by atoms with E-state index in [9.17, 15) is 14.4 Å². The van der Waals surface area contributed by atoms with Crippen LogP contribution in [0.4, 0.5) is 4.79 Å². The predicted molar refractivity (Wildman–Crippen MR) is 142 cm³/mol. The predicted octanol–water partition coefficient (Wildman–Crippen LogP) is 4.81. The standard InChI is InChI=1S/C28H40N4O5/c1-9-36-24(33)12-22(20-11-21(16-30-15-20)25-18(4)13-29-14-19(25)5)31-26(34)23(10-17(2)3)32-27(35)37-28(6,7)8/h11,13-17,22-23H,9-10,12H2,1-8H3,(H,31,34)(H,32,35)/t22-,23-/m0/s1. The van der Waals surface area contributed by atoms with E-state index in [4.69, 9.17) is 9.47 Å². The van der Waals surface area contributed by atoms with E-state index in [1.807, 2.05) is 33.8 Å². The van der Waals surface area contributed by atoms with Crippen LogP contribution in [0.3, 0.4) is 0 Å². The van der Waals surface area contributed by atoms with E-state index in [0.29, 0.717) is 12.0 Å². The zero-order valence-electron chi connectivity index (χ0n) is 23.2. The van der Waals surface area contributed by atoms with Crippen LogP contribution in [0.1, 0.15) is 77.1 Å². The third kappa shape index (κ3) is 9.48. The number of hydrogen-bond acceptors (Lipinski definition) is 7. The molecule has 2 heterocycles. The SMILES string of the molecule is CCOC(=O)C[C@H](NC(=O)[C@H](CC(C)C)NC(=O)OC(C)(C)C)c1cncc(-c2c(C)cncc2C)c1. The highest BCUT2D eigenvalue weighted by atomic mass is 16.6. The summed E-state index contributed by atoms with van der Waals surface area (Å²) in [5.74, 6) is -0.748. The van der Waals surface area contributed by atoms with Gasteiger partial charge < -0.3 is 20.1 Å². The van der Waals surface area contributed by atoms with Gasteiger partial charge in [-0.25, -0.2) is 4.79 Å². The number of hydrogen-bond donors (Lipinski definition) is 2. The van der Waals surface area contributed by atoms with Crippen molar-refractivity contribution in [3.8, 4) is 11.1 Å². The molecule has 9 heteroatoms. The average Bonchev–Trinajstić information content (AvgIpc) is 2.77. The maximum atomic E-state index is 13.4. The molecule has 0 bridgehead atoms. The average molecular weight is 513 g/mol. The lowest BCUT2D eigenvalue weighted by Crippen LogP contribution is -2.49. The van der Waals surface area contributed by atoms with Crippen molar-refractivity contribution < 1.29 is 23.9 Å². The van der Waals surface area contributed by atoms with Gasteiger partial charge in [0.25, 0.3) is 0 Å². The molecule has 0 aliphatic carbocycles. The molecule has 0 aliphatic heterocycles. The van der Waals surface area contributed by atoms with Crippen LogP contribution in [0.5, 0.6) is 0 Å². The Kier molecular flexibility index (Phi) is 10.6. The highest BCUT2D eigenvalue weighted by Gasteiger charge is 2.28. The Balaban J connectivity index is 2.38. The molecular weight excluding hydrogens is 472 g/mol. The third-order valence-electron chi connectivity index (χ3n) is 5.48. The number of amides is 2. The molecule has 2 aromatic rings. The Labute approximate surface area is 219 Å². The van der Waals surface area contributed by atoms with Gasteiger partial charge in [0, 0.05) is 30.4 Å². The second-order valence-electron chi connectivity index (χ2n) is 10.6. The molecule has 0 fully saturated rings. The number of carbonyl (C=O) groups is 3. The maximum absolute atomic E-state index is 13.4. The zero-order valence-corrected chi connectivity index (χ0v) is 23.2. The summed E-state index contributed by atoms with van der Waals surface area (Å²) >= 11 is 0. The van der Waals surface area contributed by atoms with Crippen LogP contribution >= 0.6 is 0 Å². The second-order valence-corrected chi connectivity index (χ2v) is 10.6. The molecule has 2 amide bonds. The number of esters is 1. The molecule has 0 aromatic carbocycles. The second kappa shape index (κ2) is 13.2. The van der Waals surface area contributed by atoms with Gasteiger partial charge in [-0.1, -0.05) is 13.8 Å². The molecule has 0 unspecified atom stereocenters. The van der Waals surface area contributed by atoms with Crippen molar-refractivity contribution in [1.82, 2.24) is 20.6 Å². The molecule has 0 saturated carbocycles. The molecule has 2 N–H and O–H groups in total. The number of aromatic nitrogens is 2. The van der Waals surface area contributed by atoms with Crippen molar-refractivity contribution >= 4 is 18.0 Å². The number of ether oxygens (including phenoxy) is 2. The van der Waals surface area contributed by atoms with E-state index in [0.717, 1.165) is 22.3 Å². The smallest absolute Gasteiger partial charge is 0.408 e. The van der Waals surface area contributed by atoms with E-state index in [1.165, 1.54) is 0 Å². The molecule has 2 atom stereocenters. The van der Waals surface area contributed by atoms with Gasteiger partial charge in [0.2, 0.25) is 5.91 Å². The van der Waals surface area contributed by atoms with Crippen LogP contribution in [-0.2, 0) is 19.1 Å². The molecule has 202 valence electrons. The van der Waals surface area contributed by atoms with Crippen LogP contribution in [0.15, 0.2) is 30.9 Å². The Morgan fingerprint density at radius 3 is 2.16 bits per heavy atom. The normalized spacial score (nSPS) is 13.0. The van der Waals surface area contributed by atoms with E-state index in [1.54, 1.807) is 52.5 Å². The fourth-order valence-electron chi connectivity index (χ4n) is 4.01. The molecule has 2 aromatic heterocycles. The first kappa shape index (κ1) is 29.7. The lowest BCUT2D eigenvalue weighted by molar-refractivity contribution is -0.143. The van der Waals surface area contributed by atoms with Crippen LogP contribution < -0.4 is 10.6 Å². The minimum absolute atomic E-state index is 0.0835. The number of pyridine rings is 2. The minimum atomic E-state index is -0.847. The minimum Gasteiger partial charge on any atom is -0.466 e. The number of rotatable bonds is 10. The summed E-state index contributed by atoms with van der Waals surface area (Å²) in [5, 5.41) is 5.62. The molecule has 9 nitrogen and oxygen atoms in total. The molecule has 0 spiro atoms. The number of nitrogens with one attached hydrogen (secondary N) is 2. The van der Waals surface area contributed by atoms with Crippen molar-refractivity contribution in [3.63, 3.8) is 0 Å². The van der Waals surface area contributed by atoms with Crippen LogP contribution in [0.25, 0.3) is 11.1 Å². The van der Waals surface area contributed by atoms with Crippen molar-refractivity contribution in [2.75, 3.05) is 6.61 Å². The van der Waals surface area contributed by atoms with Crippen LogP contribution in [-0.4, -0.2) is 46.2 Å². The first-order valence-corrected chi connectivity index (χ1v) is 12.6. The zero-order chi connectivity index (χ0) is 27.8. The lowest BCUT2D eigenvalue weighted by atomic mass is 9.96. The highest BCUT2D eigenvalue weighted by molar-refractivity contribution is 5.86. The Hall–Kier alpha value is -3.49. The van der Waals surface area contributed by atoms with Gasteiger partial charge in [-0.3, -0.25) is 19.6 Å². The fourth-order valence-corrected chi connectivity index (χ4v) is 4.01. The maximum Gasteiger partial charge on any atom is 0.408 e.